The number of benzene rings is 1. The number of hydrogen-bond donors (Lipinski definition) is 1. The van der Waals surface area contributed by atoms with E-state index in [9.17, 15) is 22.5 Å². The number of hydrogen-bond acceptors (Lipinski definition) is 3. The zero-order valence-corrected chi connectivity index (χ0v) is 13.3. The molecule has 0 saturated carbocycles. The van der Waals surface area contributed by atoms with Crippen LogP contribution in [-0.2, 0) is 16.4 Å². The van der Waals surface area contributed by atoms with Crippen LogP contribution < -0.4 is 4.74 Å². The molecule has 3 rings (SSSR count). The Bertz CT molecular complexity index is 569. The van der Waals surface area contributed by atoms with Crippen molar-refractivity contribution in [2.24, 2.45) is 0 Å². The Morgan fingerprint density at radius 2 is 1.74 bits per heavy atom. The van der Waals surface area contributed by atoms with E-state index in [1.165, 1.54) is 12.1 Å². The van der Waals surface area contributed by atoms with Crippen LogP contribution in [0.25, 0.3) is 0 Å². The Morgan fingerprint density at radius 1 is 1.17 bits per heavy atom. The molecule has 2 bridgehead atoms. The van der Waals surface area contributed by atoms with Crippen molar-refractivity contribution in [1.82, 2.24) is 0 Å². The number of rotatable bonds is 3. The number of halogens is 3. The third-order valence-corrected chi connectivity index (χ3v) is 6.75. The largest absolute Gasteiger partial charge is 0.484 e. The summed E-state index contributed by atoms with van der Waals surface area (Å²) in [5.74, 6) is 0.120. The van der Waals surface area contributed by atoms with Gasteiger partial charge in [0.2, 0.25) is 0 Å². The molecule has 2 fully saturated rings. The third-order valence-electron chi connectivity index (χ3n) is 4.63. The second kappa shape index (κ2) is 6.09. The van der Waals surface area contributed by atoms with Gasteiger partial charge in [-0.2, -0.15) is 13.2 Å². The molecule has 7 heteroatoms. The zero-order chi connectivity index (χ0) is 16.7. The fourth-order valence-corrected chi connectivity index (χ4v) is 5.77. The van der Waals surface area contributed by atoms with Crippen molar-refractivity contribution in [3.8, 4) is 5.75 Å². The molecule has 3 nitrogen and oxygen atoms in total. The molecule has 0 aromatic heterocycles. The maximum absolute atomic E-state index is 12.2. The number of aliphatic hydroxyl groups is 1. The van der Waals surface area contributed by atoms with Crippen LogP contribution in [0.5, 0.6) is 5.75 Å². The fourth-order valence-electron chi connectivity index (χ4n) is 3.54. The molecule has 1 N–H and O–H groups in total. The maximum atomic E-state index is 12.2. The Kier molecular flexibility index (Phi) is 4.44. The van der Waals surface area contributed by atoms with Crippen molar-refractivity contribution in [1.29, 1.82) is 0 Å². The van der Waals surface area contributed by atoms with Gasteiger partial charge in [0, 0.05) is 21.3 Å². The smallest absolute Gasteiger partial charge is 0.422 e. The third kappa shape index (κ3) is 3.71. The molecule has 2 unspecified atom stereocenters. The van der Waals surface area contributed by atoms with E-state index in [1.807, 2.05) is 0 Å². The SMILES string of the molecule is O=S1C2CCCC1CC(O)(c1ccc(OCC(F)(F)F)cc1)C2. The molecule has 1 aromatic carbocycles. The average molecular weight is 348 g/mol. The molecular formula is C16H19F3O3S. The van der Waals surface area contributed by atoms with Crippen molar-refractivity contribution in [2.45, 2.75) is 54.4 Å². The summed E-state index contributed by atoms with van der Waals surface area (Å²) in [4.78, 5) is 0. The highest BCUT2D eigenvalue weighted by atomic mass is 32.2. The minimum atomic E-state index is -4.37. The summed E-state index contributed by atoms with van der Waals surface area (Å²) >= 11 is 0. The van der Waals surface area contributed by atoms with Gasteiger partial charge < -0.3 is 9.84 Å². The monoisotopic (exact) mass is 348 g/mol. The van der Waals surface area contributed by atoms with E-state index in [1.54, 1.807) is 12.1 Å². The summed E-state index contributed by atoms with van der Waals surface area (Å²) in [7, 11) is -0.883. The minimum absolute atomic E-state index is 0.00801. The molecular weight excluding hydrogens is 329 g/mol. The molecule has 2 aliphatic heterocycles. The standard InChI is InChI=1S/C16H19F3O3S/c17-16(18,19)10-22-12-6-4-11(5-7-12)15(20)8-13-2-1-3-14(9-15)23(13)21/h4-7,13-14,20H,1-3,8-10H2. The predicted octanol–water partition coefficient (Wildman–Crippen LogP) is 3.28. The van der Waals surface area contributed by atoms with Gasteiger partial charge in [0.15, 0.2) is 6.61 Å². The summed E-state index contributed by atoms with van der Waals surface area (Å²) in [6, 6.07) is 6.10. The van der Waals surface area contributed by atoms with Gasteiger partial charge in [-0.05, 0) is 43.4 Å². The quantitative estimate of drug-likeness (QED) is 0.912. The second-order valence-corrected chi connectivity index (χ2v) is 8.36. The molecule has 0 radical (unpaired) electrons. The van der Waals surface area contributed by atoms with E-state index < -0.39 is 29.2 Å². The van der Waals surface area contributed by atoms with Crippen LogP contribution in [0.3, 0.4) is 0 Å². The van der Waals surface area contributed by atoms with Crippen molar-refractivity contribution in [3.63, 3.8) is 0 Å². The van der Waals surface area contributed by atoms with Crippen molar-refractivity contribution in [2.75, 3.05) is 6.61 Å². The molecule has 2 atom stereocenters. The topological polar surface area (TPSA) is 46.5 Å². The van der Waals surface area contributed by atoms with Crippen molar-refractivity contribution in [3.05, 3.63) is 29.8 Å². The van der Waals surface area contributed by atoms with E-state index >= 15 is 0 Å². The van der Waals surface area contributed by atoms with Crippen LogP contribution in [0.1, 0.15) is 37.7 Å². The summed E-state index contributed by atoms with van der Waals surface area (Å²) in [6.45, 7) is -1.33. The lowest BCUT2D eigenvalue weighted by atomic mass is 9.80. The highest BCUT2D eigenvalue weighted by Gasteiger charge is 2.46. The molecule has 2 heterocycles. The Balaban J connectivity index is 1.72. The van der Waals surface area contributed by atoms with Crippen LogP contribution in [0.15, 0.2) is 24.3 Å². The van der Waals surface area contributed by atoms with Crippen LogP contribution >= 0.6 is 0 Å². The summed E-state index contributed by atoms with van der Waals surface area (Å²) in [5, 5.41) is 11.0. The van der Waals surface area contributed by atoms with Gasteiger partial charge >= 0.3 is 6.18 Å². The molecule has 0 aliphatic carbocycles. The first-order valence-corrected chi connectivity index (χ1v) is 8.96. The minimum Gasteiger partial charge on any atom is -0.484 e. The Hall–Kier alpha value is -1.08. The van der Waals surface area contributed by atoms with E-state index in [2.05, 4.69) is 4.74 Å². The van der Waals surface area contributed by atoms with E-state index in [4.69, 9.17) is 0 Å². The van der Waals surface area contributed by atoms with Crippen LogP contribution in [0.2, 0.25) is 0 Å². The molecule has 23 heavy (non-hydrogen) atoms. The normalized spacial score (nSPS) is 34.2. The van der Waals surface area contributed by atoms with Gasteiger partial charge in [0.05, 0.1) is 5.60 Å². The van der Waals surface area contributed by atoms with E-state index in [0.717, 1.165) is 19.3 Å². The Labute approximate surface area is 135 Å². The number of ether oxygens (including phenoxy) is 1. The van der Waals surface area contributed by atoms with Gasteiger partial charge in [-0.3, -0.25) is 4.21 Å². The van der Waals surface area contributed by atoms with Crippen LogP contribution in [0, 0.1) is 0 Å². The first-order chi connectivity index (χ1) is 10.8. The highest BCUT2D eigenvalue weighted by Crippen LogP contribution is 2.44. The Morgan fingerprint density at radius 3 is 2.26 bits per heavy atom. The van der Waals surface area contributed by atoms with Crippen LogP contribution in [-0.4, -0.2) is 32.6 Å². The first kappa shape index (κ1) is 16.8. The van der Waals surface area contributed by atoms with Crippen molar-refractivity contribution >= 4 is 10.8 Å². The lowest BCUT2D eigenvalue weighted by Crippen LogP contribution is -2.47. The van der Waals surface area contributed by atoms with Gasteiger partial charge in [0.25, 0.3) is 0 Å². The molecule has 0 spiro atoms. The maximum Gasteiger partial charge on any atom is 0.422 e. The molecule has 1 aromatic rings. The van der Waals surface area contributed by atoms with Gasteiger partial charge in [-0.25, -0.2) is 0 Å². The summed E-state index contributed by atoms with van der Waals surface area (Å²) in [6.07, 6.45) is -0.725. The lowest BCUT2D eigenvalue weighted by Gasteiger charge is -2.43. The summed E-state index contributed by atoms with van der Waals surface area (Å²) < 4.78 is 53.4. The highest BCUT2D eigenvalue weighted by molar-refractivity contribution is 7.86. The first-order valence-electron chi connectivity index (χ1n) is 7.69. The van der Waals surface area contributed by atoms with Gasteiger partial charge in [-0.1, -0.05) is 18.6 Å². The summed E-state index contributed by atoms with van der Waals surface area (Å²) in [5.41, 5.74) is -0.392. The molecule has 2 aliphatic rings. The second-order valence-electron chi connectivity index (χ2n) is 6.37. The molecule has 0 amide bonds. The van der Waals surface area contributed by atoms with Gasteiger partial charge in [-0.15, -0.1) is 0 Å². The number of fused-ring (bicyclic) bond motifs is 2. The van der Waals surface area contributed by atoms with Crippen LogP contribution in [0.4, 0.5) is 13.2 Å². The predicted molar refractivity (Wildman–Crippen MR) is 80.7 cm³/mol. The van der Waals surface area contributed by atoms with E-state index in [-0.39, 0.29) is 16.2 Å². The number of alkyl halides is 3. The average Bonchev–Trinajstić information content (AvgIpc) is 2.47. The van der Waals surface area contributed by atoms with Crippen molar-refractivity contribution < 1.29 is 27.2 Å². The molecule has 128 valence electrons. The van der Waals surface area contributed by atoms with Gasteiger partial charge in [0.1, 0.15) is 5.75 Å². The fraction of sp³-hybridized carbons (Fsp3) is 0.625. The van der Waals surface area contributed by atoms with E-state index in [0.29, 0.717) is 18.4 Å². The zero-order valence-electron chi connectivity index (χ0n) is 12.5. The molecule has 2 saturated heterocycles. The lowest BCUT2D eigenvalue weighted by molar-refractivity contribution is -0.153.